The highest BCUT2D eigenvalue weighted by Crippen LogP contribution is 2.42. The van der Waals surface area contributed by atoms with Gasteiger partial charge < -0.3 is 18.8 Å². The SMILES string of the molecule is CC(C)(C)OC(=O)N1C2CCC1CN(c1nc3c(OC(F)(F)F)c(C=O)cc(-c4cscn4)c3o1)C2. The molecule has 0 radical (unpaired) electrons. The second-order valence-corrected chi connectivity index (χ2v) is 10.5. The Labute approximate surface area is 207 Å². The largest absolute Gasteiger partial charge is 0.573 e. The zero-order chi connectivity index (χ0) is 25.8. The molecule has 2 aliphatic heterocycles. The zero-order valence-corrected chi connectivity index (χ0v) is 20.5. The average molecular weight is 525 g/mol. The summed E-state index contributed by atoms with van der Waals surface area (Å²) in [5.74, 6) is -0.725. The minimum atomic E-state index is -5.04. The third kappa shape index (κ3) is 4.59. The molecule has 0 N–H and O–H groups in total. The fourth-order valence-corrected chi connectivity index (χ4v) is 5.27. The van der Waals surface area contributed by atoms with E-state index >= 15 is 0 Å². The van der Waals surface area contributed by atoms with Crippen LogP contribution in [0.3, 0.4) is 0 Å². The van der Waals surface area contributed by atoms with Crippen molar-refractivity contribution in [3.63, 3.8) is 0 Å². The highest BCUT2D eigenvalue weighted by molar-refractivity contribution is 7.07. The summed E-state index contributed by atoms with van der Waals surface area (Å²) in [5.41, 5.74) is 1.18. The molecule has 5 rings (SSSR count). The van der Waals surface area contributed by atoms with Crippen LogP contribution in [0.5, 0.6) is 5.75 Å². The van der Waals surface area contributed by atoms with Crippen molar-refractivity contribution < 1.29 is 36.7 Å². The number of aldehydes is 1. The number of hydrogen-bond acceptors (Lipinski definition) is 9. The van der Waals surface area contributed by atoms with Gasteiger partial charge in [-0.15, -0.1) is 24.5 Å². The fraction of sp³-hybridized carbons (Fsp3) is 0.478. The summed E-state index contributed by atoms with van der Waals surface area (Å²) in [6.45, 7) is 6.13. The molecule has 13 heteroatoms. The van der Waals surface area contributed by atoms with E-state index in [1.54, 1.807) is 41.5 Å². The van der Waals surface area contributed by atoms with Crippen molar-refractivity contribution in [2.24, 2.45) is 0 Å². The van der Waals surface area contributed by atoms with E-state index in [0.29, 0.717) is 24.3 Å². The summed E-state index contributed by atoms with van der Waals surface area (Å²) in [6, 6.07) is 1.01. The Bertz CT molecular complexity index is 1290. The third-order valence-corrected chi connectivity index (χ3v) is 6.63. The summed E-state index contributed by atoms with van der Waals surface area (Å²) < 4.78 is 55.4. The Morgan fingerprint density at radius 3 is 2.47 bits per heavy atom. The number of halogens is 3. The molecule has 2 saturated heterocycles. The first kappa shape index (κ1) is 24.3. The minimum absolute atomic E-state index is 0.0302. The van der Waals surface area contributed by atoms with E-state index in [9.17, 15) is 22.8 Å². The number of aromatic nitrogens is 2. The number of amides is 1. The Morgan fingerprint density at radius 2 is 1.92 bits per heavy atom. The van der Waals surface area contributed by atoms with Crippen molar-refractivity contribution in [2.45, 2.75) is 57.7 Å². The molecular formula is C23H23F3N4O5S. The lowest BCUT2D eigenvalue weighted by Gasteiger charge is -2.40. The number of nitrogens with zero attached hydrogens (tertiary/aromatic N) is 4. The van der Waals surface area contributed by atoms with Crippen molar-refractivity contribution in [3.8, 4) is 17.0 Å². The van der Waals surface area contributed by atoms with Gasteiger partial charge in [0.2, 0.25) is 0 Å². The topological polar surface area (TPSA) is 98.0 Å². The first-order valence-corrected chi connectivity index (χ1v) is 12.2. The quantitative estimate of drug-likeness (QED) is 0.427. The van der Waals surface area contributed by atoms with Gasteiger partial charge >= 0.3 is 12.5 Å². The molecule has 1 aromatic carbocycles. The first-order chi connectivity index (χ1) is 16.9. The van der Waals surface area contributed by atoms with Gasteiger partial charge in [0, 0.05) is 24.0 Å². The van der Waals surface area contributed by atoms with Crippen LogP contribution in [0.15, 0.2) is 21.4 Å². The van der Waals surface area contributed by atoms with Gasteiger partial charge in [0.05, 0.1) is 28.9 Å². The van der Waals surface area contributed by atoms with Crippen LogP contribution in [0.2, 0.25) is 0 Å². The summed E-state index contributed by atoms with van der Waals surface area (Å²) >= 11 is 1.29. The van der Waals surface area contributed by atoms with E-state index < -0.39 is 23.8 Å². The molecule has 2 aliphatic rings. The molecule has 0 spiro atoms. The van der Waals surface area contributed by atoms with Crippen LogP contribution in [0, 0.1) is 0 Å². The predicted octanol–water partition coefficient (Wildman–Crippen LogP) is 5.25. The molecule has 2 fully saturated rings. The lowest BCUT2D eigenvalue weighted by atomic mass is 10.1. The molecule has 1 amide bonds. The third-order valence-electron chi connectivity index (χ3n) is 6.05. The normalized spacial score (nSPS) is 20.2. The van der Waals surface area contributed by atoms with Gasteiger partial charge in [-0.05, 0) is 39.7 Å². The van der Waals surface area contributed by atoms with Crippen LogP contribution in [0.25, 0.3) is 22.4 Å². The van der Waals surface area contributed by atoms with Gasteiger partial charge in [-0.2, -0.15) is 4.98 Å². The Balaban J connectivity index is 1.53. The van der Waals surface area contributed by atoms with Gasteiger partial charge in [-0.3, -0.25) is 9.69 Å². The van der Waals surface area contributed by atoms with Gasteiger partial charge in [0.25, 0.3) is 6.01 Å². The smallest absolute Gasteiger partial charge is 0.444 e. The second kappa shape index (κ2) is 8.64. The minimum Gasteiger partial charge on any atom is -0.444 e. The van der Waals surface area contributed by atoms with Gasteiger partial charge in [-0.1, -0.05) is 0 Å². The summed E-state index contributed by atoms with van der Waals surface area (Å²) in [5, 5.41) is 1.69. The summed E-state index contributed by atoms with van der Waals surface area (Å²) in [6.07, 6.45) is -3.64. The molecule has 2 aromatic heterocycles. The van der Waals surface area contributed by atoms with Crippen molar-refractivity contribution in [2.75, 3.05) is 18.0 Å². The Morgan fingerprint density at radius 1 is 1.22 bits per heavy atom. The van der Waals surface area contributed by atoms with E-state index in [2.05, 4.69) is 14.7 Å². The van der Waals surface area contributed by atoms with Crippen LogP contribution < -0.4 is 9.64 Å². The van der Waals surface area contributed by atoms with Crippen LogP contribution >= 0.6 is 11.3 Å². The predicted molar refractivity (Wildman–Crippen MR) is 124 cm³/mol. The number of carbonyl (C=O) groups excluding carboxylic acids is 2. The highest BCUT2D eigenvalue weighted by Gasteiger charge is 2.45. The lowest BCUT2D eigenvalue weighted by Crippen LogP contribution is -2.56. The van der Waals surface area contributed by atoms with Crippen LogP contribution in [0.1, 0.15) is 44.0 Å². The van der Waals surface area contributed by atoms with Crippen LogP contribution in [-0.2, 0) is 4.74 Å². The Kier molecular flexibility index (Phi) is 5.85. The maximum absolute atomic E-state index is 13.2. The lowest BCUT2D eigenvalue weighted by molar-refractivity contribution is -0.274. The first-order valence-electron chi connectivity index (χ1n) is 11.3. The number of anilines is 1. The van der Waals surface area contributed by atoms with E-state index in [-0.39, 0.29) is 41.0 Å². The molecule has 2 bridgehead atoms. The number of alkyl halides is 3. The maximum atomic E-state index is 13.2. The van der Waals surface area contributed by atoms with Gasteiger partial charge in [0.1, 0.15) is 5.60 Å². The fourth-order valence-electron chi connectivity index (χ4n) is 4.72. The standard InChI is InChI=1S/C23H23F3N4O5S/c1-22(2,3)35-21(32)30-13-4-5-14(30)8-29(7-13)20-28-17-18(34-23(24,25)26)12(9-31)6-15(19(17)33-20)16-10-36-11-27-16/h6,9-11,13-14H,4-5,7-8H2,1-3H3. The van der Waals surface area contributed by atoms with Gasteiger partial charge in [-0.25, -0.2) is 9.78 Å². The zero-order valence-electron chi connectivity index (χ0n) is 19.7. The average Bonchev–Trinajstić information content (AvgIpc) is 3.50. The molecular weight excluding hydrogens is 501 g/mol. The van der Waals surface area contributed by atoms with E-state index in [1.165, 1.54) is 17.4 Å². The monoisotopic (exact) mass is 524 g/mol. The molecule has 192 valence electrons. The number of piperazine rings is 1. The second-order valence-electron chi connectivity index (χ2n) is 9.73. The van der Waals surface area contributed by atoms with Crippen molar-refractivity contribution >= 4 is 40.8 Å². The number of fused-ring (bicyclic) bond motifs is 3. The summed E-state index contributed by atoms with van der Waals surface area (Å²) in [7, 11) is 0. The molecule has 4 heterocycles. The van der Waals surface area contributed by atoms with Crippen molar-refractivity contribution in [1.82, 2.24) is 14.9 Å². The van der Waals surface area contributed by atoms with E-state index in [4.69, 9.17) is 9.15 Å². The number of thiazole rings is 1. The number of ether oxygens (including phenoxy) is 2. The molecule has 0 saturated carbocycles. The number of oxazole rings is 1. The van der Waals surface area contributed by atoms with E-state index in [0.717, 1.165) is 12.8 Å². The summed E-state index contributed by atoms with van der Waals surface area (Å²) in [4.78, 5) is 36.5. The number of hydrogen-bond donors (Lipinski definition) is 0. The molecule has 2 atom stereocenters. The number of benzene rings is 1. The number of rotatable bonds is 4. The van der Waals surface area contributed by atoms with Crippen molar-refractivity contribution in [3.05, 3.63) is 22.5 Å². The molecule has 3 aromatic rings. The van der Waals surface area contributed by atoms with E-state index in [1.807, 2.05) is 0 Å². The molecule has 2 unspecified atom stereocenters. The number of carbonyl (C=O) groups is 2. The van der Waals surface area contributed by atoms with Gasteiger partial charge in [0.15, 0.2) is 23.1 Å². The van der Waals surface area contributed by atoms with Crippen LogP contribution in [-0.4, -0.2) is 64.4 Å². The molecule has 0 aliphatic carbocycles. The van der Waals surface area contributed by atoms with Crippen LogP contribution in [0.4, 0.5) is 24.0 Å². The molecule has 9 nitrogen and oxygen atoms in total. The Hall–Kier alpha value is -3.35. The maximum Gasteiger partial charge on any atom is 0.573 e. The van der Waals surface area contributed by atoms with Crippen molar-refractivity contribution in [1.29, 1.82) is 0 Å². The molecule has 36 heavy (non-hydrogen) atoms. The highest BCUT2D eigenvalue weighted by atomic mass is 32.1.